The summed E-state index contributed by atoms with van der Waals surface area (Å²) in [7, 11) is -9.12. The number of rotatable bonds is 13. The summed E-state index contributed by atoms with van der Waals surface area (Å²) in [5, 5.41) is 8.52. The first-order valence-corrected chi connectivity index (χ1v) is 10.4. The third kappa shape index (κ3) is 9.01. The quantitative estimate of drug-likeness (QED) is 0.273. The van der Waals surface area contributed by atoms with E-state index < -0.39 is 30.7 Å². The molecule has 2 atom stereocenters. The van der Waals surface area contributed by atoms with E-state index in [2.05, 4.69) is 5.32 Å². The maximum absolute atomic E-state index is 11.3. The van der Waals surface area contributed by atoms with E-state index in [9.17, 15) is 21.4 Å². The highest BCUT2D eigenvalue weighted by Gasteiger charge is 2.38. The number of unbranched alkanes of at least 4 members (excludes halogenated alkanes) is 3. The minimum atomic E-state index is -4.57. The van der Waals surface area contributed by atoms with E-state index in [1.54, 1.807) is 0 Å². The minimum Gasteiger partial charge on any atom is -0.396 e. The van der Waals surface area contributed by atoms with Crippen LogP contribution in [0.2, 0.25) is 0 Å². The zero-order chi connectivity index (χ0) is 17.2. The van der Waals surface area contributed by atoms with Crippen molar-refractivity contribution in [3.63, 3.8) is 0 Å². The van der Waals surface area contributed by atoms with E-state index >= 15 is 0 Å². The monoisotopic (exact) mass is 361 g/mol. The molecule has 0 saturated heterocycles. The summed E-state index contributed by atoms with van der Waals surface area (Å²) >= 11 is 0. The van der Waals surface area contributed by atoms with Crippen LogP contribution in [0.3, 0.4) is 0 Å². The molecular formula is C12H27NO7S2. The Morgan fingerprint density at radius 1 is 0.864 bits per heavy atom. The molecule has 22 heavy (non-hydrogen) atoms. The van der Waals surface area contributed by atoms with Crippen molar-refractivity contribution < 1.29 is 31.0 Å². The summed E-state index contributed by atoms with van der Waals surface area (Å²) in [5.74, 6) is 0. The molecule has 0 aliphatic rings. The molecule has 4 N–H and O–H groups in total. The van der Waals surface area contributed by atoms with Crippen molar-refractivity contribution in [3.8, 4) is 0 Å². The van der Waals surface area contributed by atoms with Crippen LogP contribution in [0.1, 0.15) is 45.4 Å². The average molecular weight is 361 g/mol. The molecule has 8 nitrogen and oxygen atoms in total. The number of hydrogen-bond donors (Lipinski definition) is 4. The molecule has 0 aromatic carbocycles. The predicted octanol–water partition coefficient (Wildman–Crippen LogP) is 0.442. The zero-order valence-electron chi connectivity index (χ0n) is 12.8. The molecule has 0 radical (unpaired) electrons. The number of aliphatic hydroxyl groups excluding tert-OH is 1. The van der Waals surface area contributed by atoms with Crippen molar-refractivity contribution in [2.24, 2.45) is 0 Å². The molecule has 0 bridgehead atoms. The van der Waals surface area contributed by atoms with E-state index in [4.69, 9.17) is 9.66 Å². The van der Waals surface area contributed by atoms with E-state index in [0.717, 1.165) is 25.7 Å². The molecule has 0 aromatic rings. The standard InChI is InChI=1S/C12H27NO7S2/c1-2-11(21(15,16)17)12(22(18,19)20)7-9-13-8-5-3-4-6-10-14/h11-14H,2-10H2,1H3,(H,15,16,17)(H,18,19,20). The first kappa shape index (κ1) is 21.7. The number of aliphatic hydroxyl groups is 1. The van der Waals surface area contributed by atoms with E-state index in [1.807, 2.05) is 0 Å². The van der Waals surface area contributed by atoms with Gasteiger partial charge in [0.15, 0.2) is 0 Å². The molecule has 10 heteroatoms. The molecule has 0 rings (SSSR count). The van der Waals surface area contributed by atoms with Crippen molar-refractivity contribution in [3.05, 3.63) is 0 Å². The van der Waals surface area contributed by atoms with Crippen LogP contribution in [-0.2, 0) is 20.2 Å². The van der Waals surface area contributed by atoms with Gasteiger partial charge in [0, 0.05) is 6.61 Å². The Kier molecular flexibility index (Phi) is 10.4. The Morgan fingerprint density at radius 3 is 1.86 bits per heavy atom. The van der Waals surface area contributed by atoms with Gasteiger partial charge in [-0.15, -0.1) is 0 Å². The SMILES string of the molecule is CCC(C(CCNCCCCCCO)S(=O)(=O)O)S(=O)(=O)O. The van der Waals surface area contributed by atoms with Crippen molar-refractivity contribution in [1.29, 1.82) is 0 Å². The van der Waals surface area contributed by atoms with Crippen molar-refractivity contribution >= 4 is 20.2 Å². The van der Waals surface area contributed by atoms with Gasteiger partial charge in [0.1, 0.15) is 10.5 Å². The summed E-state index contributed by atoms with van der Waals surface area (Å²) in [6.07, 6.45) is 3.23. The molecule has 0 aromatic heterocycles. The van der Waals surface area contributed by atoms with Gasteiger partial charge in [-0.2, -0.15) is 16.8 Å². The van der Waals surface area contributed by atoms with Crippen molar-refractivity contribution in [2.75, 3.05) is 19.7 Å². The van der Waals surface area contributed by atoms with Crippen molar-refractivity contribution in [2.45, 2.75) is 55.9 Å². The van der Waals surface area contributed by atoms with Crippen LogP contribution in [0.25, 0.3) is 0 Å². The lowest BCUT2D eigenvalue weighted by atomic mass is 10.2. The van der Waals surface area contributed by atoms with Gasteiger partial charge in [-0.05, 0) is 38.8 Å². The smallest absolute Gasteiger partial charge is 0.269 e. The van der Waals surface area contributed by atoms with Crippen LogP contribution in [0.4, 0.5) is 0 Å². The summed E-state index contributed by atoms with van der Waals surface area (Å²) in [5.41, 5.74) is 0. The van der Waals surface area contributed by atoms with Gasteiger partial charge in [-0.3, -0.25) is 9.11 Å². The highest BCUT2D eigenvalue weighted by Crippen LogP contribution is 2.19. The average Bonchev–Trinajstić information content (AvgIpc) is 2.37. The summed E-state index contributed by atoms with van der Waals surface area (Å²) < 4.78 is 63.4. The first-order valence-electron chi connectivity index (χ1n) is 7.38. The molecule has 2 unspecified atom stereocenters. The Hall–Kier alpha value is -0.260. The Bertz CT molecular complexity index is 490. The van der Waals surface area contributed by atoms with Gasteiger partial charge in [-0.25, -0.2) is 0 Å². The fourth-order valence-electron chi connectivity index (χ4n) is 2.28. The maximum atomic E-state index is 11.3. The summed E-state index contributed by atoms with van der Waals surface area (Å²) in [4.78, 5) is 0. The van der Waals surface area contributed by atoms with Gasteiger partial charge in [0.2, 0.25) is 0 Å². The number of hydrogen-bond acceptors (Lipinski definition) is 6. The minimum absolute atomic E-state index is 0.103. The van der Waals surface area contributed by atoms with Gasteiger partial charge >= 0.3 is 0 Å². The van der Waals surface area contributed by atoms with Crippen LogP contribution < -0.4 is 5.32 Å². The molecule has 134 valence electrons. The van der Waals surface area contributed by atoms with E-state index in [0.29, 0.717) is 6.54 Å². The lowest BCUT2D eigenvalue weighted by Crippen LogP contribution is -2.41. The second-order valence-corrected chi connectivity index (χ2v) is 8.46. The third-order valence-corrected chi connectivity index (χ3v) is 6.38. The van der Waals surface area contributed by atoms with Gasteiger partial charge < -0.3 is 10.4 Å². The van der Waals surface area contributed by atoms with E-state index in [1.165, 1.54) is 6.92 Å². The molecule has 0 amide bonds. The molecule has 0 heterocycles. The Labute approximate surface area is 132 Å². The van der Waals surface area contributed by atoms with E-state index in [-0.39, 0.29) is 26.0 Å². The maximum Gasteiger partial charge on any atom is 0.269 e. The largest absolute Gasteiger partial charge is 0.396 e. The zero-order valence-corrected chi connectivity index (χ0v) is 14.4. The Balaban J connectivity index is 4.35. The Morgan fingerprint density at radius 2 is 1.41 bits per heavy atom. The highest BCUT2D eigenvalue weighted by molar-refractivity contribution is 7.90. The van der Waals surface area contributed by atoms with Crippen LogP contribution in [-0.4, -0.2) is 61.2 Å². The van der Waals surface area contributed by atoms with Gasteiger partial charge in [0.25, 0.3) is 20.2 Å². The first-order chi connectivity index (χ1) is 10.1. The molecular weight excluding hydrogens is 334 g/mol. The van der Waals surface area contributed by atoms with Crippen LogP contribution in [0.15, 0.2) is 0 Å². The second-order valence-electron chi connectivity index (χ2n) is 5.19. The number of nitrogens with one attached hydrogen (secondary N) is 1. The van der Waals surface area contributed by atoms with Crippen LogP contribution in [0.5, 0.6) is 0 Å². The summed E-state index contributed by atoms with van der Waals surface area (Å²) in [6, 6.07) is 0. The molecule has 0 aliphatic carbocycles. The van der Waals surface area contributed by atoms with Gasteiger partial charge in [0.05, 0.1) is 0 Å². The molecule has 0 spiro atoms. The summed E-state index contributed by atoms with van der Waals surface area (Å²) in [6.45, 7) is 2.45. The molecule has 0 fully saturated rings. The highest BCUT2D eigenvalue weighted by atomic mass is 32.2. The third-order valence-electron chi connectivity index (χ3n) is 3.45. The fourth-order valence-corrected chi connectivity index (χ4v) is 5.05. The van der Waals surface area contributed by atoms with Gasteiger partial charge in [-0.1, -0.05) is 19.8 Å². The fraction of sp³-hybridized carbons (Fsp3) is 1.00. The lowest BCUT2D eigenvalue weighted by molar-refractivity contribution is 0.282. The molecule has 0 saturated carbocycles. The molecule has 0 aliphatic heterocycles. The lowest BCUT2D eigenvalue weighted by Gasteiger charge is -2.21. The second kappa shape index (κ2) is 10.5. The van der Waals surface area contributed by atoms with Crippen molar-refractivity contribution in [1.82, 2.24) is 5.32 Å². The predicted molar refractivity (Wildman–Crippen MR) is 84.0 cm³/mol. The van der Waals surface area contributed by atoms with Crippen LogP contribution >= 0.6 is 0 Å². The van der Waals surface area contributed by atoms with Crippen LogP contribution in [0, 0.1) is 0 Å². The normalized spacial score (nSPS) is 15.6. The topological polar surface area (TPSA) is 141 Å².